The van der Waals surface area contributed by atoms with Gasteiger partial charge in [-0.05, 0) is 41.5 Å². The Morgan fingerprint density at radius 3 is 2.53 bits per heavy atom. The van der Waals surface area contributed by atoms with Gasteiger partial charge >= 0.3 is 0 Å². The molecule has 1 aromatic carbocycles. The molecule has 5 heteroatoms. The molecule has 2 N–H and O–H groups in total. The SMILES string of the molecule is Cl.NC(c1ccc(Cl)cc1)c1ccn2nccc2c1. The summed E-state index contributed by atoms with van der Waals surface area (Å²) in [4.78, 5) is 0. The lowest BCUT2D eigenvalue weighted by atomic mass is 10.0. The first kappa shape index (κ1) is 13.9. The van der Waals surface area contributed by atoms with Gasteiger partial charge in [0.15, 0.2) is 0 Å². The molecule has 0 aliphatic heterocycles. The van der Waals surface area contributed by atoms with E-state index in [0.717, 1.165) is 21.7 Å². The fourth-order valence-corrected chi connectivity index (χ4v) is 2.12. The second-order valence-electron chi connectivity index (χ2n) is 4.19. The first-order valence-corrected chi connectivity index (χ1v) is 6.06. The fourth-order valence-electron chi connectivity index (χ4n) is 1.99. The van der Waals surface area contributed by atoms with Crippen molar-refractivity contribution in [1.82, 2.24) is 9.61 Å². The lowest BCUT2D eigenvalue weighted by Gasteiger charge is -2.12. The highest BCUT2D eigenvalue weighted by Crippen LogP contribution is 2.22. The molecule has 3 aromatic rings. The maximum Gasteiger partial charge on any atom is 0.0664 e. The van der Waals surface area contributed by atoms with Crippen molar-refractivity contribution in [3.05, 3.63) is 71.0 Å². The molecule has 2 aromatic heterocycles. The summed E-state index contributed by atoms with van der Waals surface area (Å²) in [6, 6.07) is 13.5. The Hall–Kier alpha value is -1.55. The molecule has 0 bridgehead atoms. The van der Waals surface area contributed by atoms with E-state index < -0.39 is 0 Å². The summed E-state index contributed by atoms with van der Waals surface area (Å²) in [5.41, 5.74) is 9.40. The van der Waals surface area contributed by atoms with Gasteiger partial charge in [-0.2, -0.15) is 5.10 Å². The van der Waals surface area contributed by atoms with Gasteiger partial charge in [0.25, 0.3) is 0 Å². The molecule has 0 fully saturated rings. The average molecular weight is 294 g/mol. The Bertz CT molecular complexity index is 676. The molecule has 0 saturated carbocycles. The standard InChI is InChI=1S/C14H12ClN3.ClH/c15-12-3-1-10(2-4-12)14(16)11-6-8-18-13(9-11)5-7-17-18;/h1-9,14H,16H2;1H. The zero-order valence-electron chi connectivity index (χ0n) is 10.0. The van der Waals surface area contributed by atoms with E-state index in [4.69, 9.17) is 17.3 Å². The third kappa shape index (κ3) is 2.73. The first-order chi connectivity index (χ1) is 8.74. The molecule has 1 atom stereocenters. The largest absolute Gasteiger partial charge is 0.320 e. The number of rotatable bonds is 2. The van der Waals surface area contributed by atoms with Crippen LogP contribution in [0, 0.1) is 0 Å². The third-order valence-electron chi connectivity index (χ3n) is 3.01. The number of nitrogens with zero attached hydrogens (tertiary/aromatic N) is 2. The highest BCUT2D eigenvalue weighted by Gasteiger charge is 2.09. The van der Waals surface area contributed by atoms with E-state index in [9.17, 15) is 0 Å². The number of benzene rings is 1. The molecular weight excluding hydrogens is 281 g/mol. The van der Waals surface area contributed by atoms with E-state index >= 15 is 0 Å². The average Bonchev–Trinajstić information content (AvgIpc) is 2.86. The van der Waals surface area contributed by atoms with E-state index in [1.807, 2.05) is 53.2 Å². The predicted molar refractivity (Wildman–Crippen MR) is 79.9 cm³/mol. The van der Waals surface area contributed by atoms with Gasteiger partial charge in [-0.25, -0.2) is 4.52 Å². The van der Waals surface area contributed by atoms with Crippen LogP contribution in [0.4, 0.5) is 0 Å². The molecule has 0 spiro atoms. The van der Waals surface area contributed by atoms with Crippen molar-refractivity contribution in [3.63, 3.8) is 0 Å². The van der Waals surface area contributed by atoms with E-state index in [2.05, 4.69) is 5.10 Å². The van der Waals surface area contributed by atoms with Gasteiger partial charge in [-0.1, -0.05) is 23.7 Å². The van der Waals surface area contributed by atoms with Gasteiger partial charge in [-0.3, -0.25) is 0 Å². The molecule has 2 heterocycles. The summed E-state index contributed by atoms with van der Waals surface area (Å²) in [6.45, 7) is 0. The van der Waals surface area contributed by atoms with E-state index in [-0.39, 0.29) is 18.4 Å². The molecule has 98 valence electrons. The molecule has 0 saturated heterocycles. The highest BCUT2D eigenvalue weighted by molar-refractivity contribution is 6.30. The minimum atomic E-state index is -0.151. The van der Waals surface area contributed by atoms with Gasteiger partial charge in [0.05, 0.1) is 11.6 Å². The Labute approximate surface area is 122 Å². The molecule has 1 unspecified atom stereocenters. The fraction of sp³-hybridized carbons (Fsp3) is 0.0714. The number of aromatic nitrogens is 2. The van der Waals surface area contributed by atoms with Crippen LogP contribution in [0.3, 0.4) is 0 Å². The van der Waals surface area contributed by atoms with Crippen LogP contribution in [0.1, 0.15) is 17.2 Å². The third-order valence-corrected chi connectivity index (χ3v) is 3.26. The predicted octanol–water partition coefficient (Wildman–Crippen LogP) is 3.46. The molecule has 3 rings (SSSR count). The lowest BCUT2D eigenvalue weighted by molar-refractivity contribution is 0.860. The quantitative estimate of drug-likeness (QED) is 0.786. The number of fused-ring (bicyclic) bond motifs is 1. The molecule has 0 radical (unpaired) electrons. The molecule has 0 aliphatic rings. The summed E-state index contributed by atoms with van der Waals surface area (Å²) in [6.07, 6.45) is 3.69. The Kier molecular flexibility index (Phi) is 4.10. The Morgan fingerprint density at radius 1 is 1.05 bits per heavy atom. The van der Waals surface area contributed by atoms with Crippen molar-refractivity contribution in [2.45, 2.75) is 6.04 Å². The summed E-state index contributed by atoms with van der Waals surface area (Å²) >= 11 is 5.87. The Morgan fingerprint density at radius 2 is 1.79 bits per heavy atom. The summed E-state index contributed by atoms with van der Waals surface area (Å²) in [7, 11) is 0. The van der Waals surface area contributed by atoms with Crippen LogP contribution in [0.25, 0.3) is 5.52 Å². The van der Waals surface area contributed by atoms with Gasteiger partial charge < -0.3 is 5.73 Å². The molecule has 3 nitrogen and oxygen atoms in total. The van der Waals surface area contributed by atoms with Crippen molar-refractivity contribution in [3.8, 4) is 0 Å². The van der Waals surface area contributed by atoms with Crippen LogP contribution in [0.2, 0.25) is 5.02 Å². The summed E-state index contributed by atoms with van der Waals surface area (Å²) < 4.78 is 1.82. The maximum atomic E-state index is 6.25. The Balaban J connectivity index is 0.00000133. The van der Waals surface area contributed by atoms with Gasteiger partial charge in [0, 0.05) is 17.4 Å². The van der Waals surface area contributed by atoms with Gasteiger partial charge in [0.1, 0.15) is 0 Å². The van der Waals surface area contributed by atoms with Crippen molar-refractivity contribution in [2.24, 2.45) is 5.73 Å². The number of hydrogen-bond acceptors (Lipinski definition) is 2. The van der Waals surface area contributed by atoms with E-state index in [1.165, 1.54) is 0 Å². The van der Waals surface area contributed by atoms with Gasteiger partial charge in [0.2, 0.25) is 0 Å². The summed E-state index contributed by atoms with van der Waals surface area (Å²) in [5.74, 6) is 0. The van der Waals surface area contributed by atoms with E-state index in [1.54, 1.807) is 6.20 Å². The zero-order chi connectivity index (χ0) is 12.5. The lowest BCUT2D eigenvalue weighted by Crippen LogP contribution is -2.12. The van der Waals surface area contributed by atoms with Crippen LogP contribution in [-0.2, 0) is 0 Å². The van der Waals surface area contributed by atoms with E-state index in [0.29, 0.717) is 0 Å². The van der Waals surface area contributed by atoms with Crippen LogP contribution < -0.4 is 5.73 Å². The van der Waals surface area contributed by atoms with Crippen molar-refractivity contribution >= 4 is 29.5 Å². The first-order valence-electron chi connectivity index (χ1n) is 5.68. The normalized spacial score (nSPS) is 12.1. The number of pyridine rings is 1. The zero-order valence-corrected chi connectivity index (χ0v) is 11.6. The second-order valence-corrected chi connectivity index (χ2v) is 4.63. The number of nitrogens with two attached hydrogens (primary N) is 1. The smallest absolute Gasteiger partial charge is 0.0664 e. The minimum Gasteiger partial charge on any atom is -0.320 e. The van der Waals surface area contributed by atoms with Crippen molar-refractivity contribution < 1.29 is 0 Å². The maximum absolute atomic E-state index is 6.25. The monoisotopic (exact) mass is 293 g/mol. The van der Waals surface area contributed by atoms with Gasteiger partial charge in [-0.15, -0.1) is 12.4 Å². The van der Waals surface area contributed by atoms with Crippen LogP contribution in [0.15, 0.2) is 54.9 Å². The van der Waals surface area contributed by atoms with Crippen LogP contribution in [0.5, 0.6) is 0 Å². The topological polar surface area (TPSA) is 43.3 Å². The minimum absolute atomic E-state index is 0. The number of halogens is 2. The van der Waals surface area contributed by atoms with Crippen LogP contribution in [-0.4, -0.2) is 9.61 Å². The second kappa shape index (κ2) is 5.61. The van der Waals surface area contributed by atoms with Crippen molar-refractivity contribution in [1.29, 1.82) is 0 Å². The van der Waals surface area contributed by atoms with Crippen LogP contribution >= 0.6 is 24.0 Å². The van der Waals surface area contributed by atoms with Crippen molar-refractivity contribution in [2.75, 3.05) is 0 Å². The number of hydrogen-bond donors (Lipinski definition) is 1. The molecule has 19 heavy (non-hydrogen) atoms. The molecular formula is C14H13Cl2N3. The molecule has 0 aliphatic carbocycles. The molecule has 0 amide bonds. The highest BCUT2D eigenvalue weighted by atomic mass is 35.5. The summed E-state index contributed by atoms with van der Waals surface area (Å²) in [5, 5.41) is 4.88.